The van der Waals surface area contributed by atoms with Gasteiger partial charge in [0.25, 0.3) is 0 Å². The van der Waals surface area contributed by atoms with Crippen LogP contribution in [0.5, 0.6) is 0 Å². The van der Waals surface area contributed by atoms with Crippen molar-refractivity contribution in [2.45, 2.75) is 348 Å². The maximum Gasteiger partial charge on any atom is 0.306 e. The first-order valence-electron chi connectivity index (χ1n) is 33.4. The molecule has 0 heterocycles. The first-order valence-corrected chi connectivity index (χ1v) is 33.4. The minimum atomic E-state index is -0.774. The van der Waals surface area contributed by atoms with Crippen LogP contribution in [0.2, 0.25) is 0 Å². The maximum absolute atomic E-state index is 12.8. The Morgan fingerprint density at radius 2 is 0.468 bits per heavy atom. The highest BCUT2D eigenvalue weighted by atomic mass is 16.6. The number of hydrogen-bond donors (Lipinski definition) is 0. The summed E-state index contributed by atoms with van der Waals surface area (Å²) in [5.41, 5.74) is 0. The van der Waals surface area contributed by atoms with E-state index in [-0.39, 0.29) is 31.1 Å². The second kappa shape index (κ2) is 65.4. The first-order chi connectivity index (χ1) is 38.0. The number of ether oxygens (including phenoxy) is 3. The first kappa shape index (κ1) is 73.8. The SMILES string of the molecule is CCCCCCC/C=C\C/C=C\C/C=C\CCCCCCCCCCCCCCCCC(=O)OCC(COC(=O)CCCCCCC)OC(=O)CCCCCCCCCCCC/C=C\C/C=C\C/C=C\CCCCCCC. The summed E-state index contributed by atoms with van der Waals surface area (Å²) in [6, 6.07) is 0. The molecule has 446 valence electrons. The Morgan fingerprint density at radius 3 is 0.727 bits per heavy atom. The van der Waals surface area contributed by atoms with E-state index in [4.69, 9.17) is 14.2 Å². The molecule has 0 aromatic carbocycles. The van der Waals surface area contributed by atoms with E-state index in [1.807, 2.05) is 0 Å². The smallest absolute Gasteiger partial charge is 0.306 e. The normalized spacial score (nSPS) is 12.5. The Bertz CT molecular complexity index is 1420. The summed E-state index contributed by atoms with van der Waals surface area (Å²) < 4.78 is 16.8. The van der Waals surface area contributed by atoms with Gasteiger partial charge in [0, 0.05) is 19.3 Å². The van der Waals surface area contributed by atoms with E-state index >= 15 is 0 Å². The molecular weight excluding hydrogens is 949 g/mol. The Hall–Kier alpha value is -3.15. The van der Waals surface area contributed by atoms with Gasteiger partial charge < -0.3 is 14.2 Å². The number of allylic oxidation sites excluding steroid dienone is 12. The molecule has 0 fully saturated rings. The number of rotatable bonds is 61. The lowest BCUT2D eigenvalue weighted by molar-refractivity contribution is -0.167. The standard InChI is InChI=1S/C71H126O6/c1-4-7-10-13-15-17-19-21-23-25-27-29-31-33-34-35-36-38-39-41-43-45-47-49-51-53-55-58-61-64-70(73)76-67-68(66-75-69(72)63-60-57-12-9-6-3)77-71(74)65-62-59-56-54-52-50-48-46-44-42-40-37-32-30-28-26-24-22-20-18-16-14-11-8-5-2/h19-22,25-28,31-33,37,68H,4-18,23-24,29-30,34-36,38-67H2,1-3H3/b21-19-,22-20-,27-25-,28-26-,33-31-,37-32-. The number of carbonyl (C=O) groups is 3. The van der Waals surface area contributed by atoms with Gasteiger partial charge in [-0.2, -0.15) is 0 Å². The van der Waals surface area contributed by atoms with Crippen LogP contribution < -0.4 is 0 Å². The van der Waals surface area contributed by atoms with E-state index in [1.54, 1.807) is 0 Å². The summed E-state index contributed by atoms with van der Waals surface area (Å²) >= 11 is 0. The van der Waals surface area contributed by atoms with E-state index in [1.165, 1.54) is 212 Å². The molecule has 0 aliphatic rings. The fraction of sp³-hybridized carbons (Fsp3) is 0.789. The van der Waals surface area contributed by atoms with Crippen LogP contribution in [0.15, 0.2) is 72.9 Å². The molecule has 0 aliphatic heterocycles. The van der Waals surface area contributed by atoms with Crippen molar-refractivity contribution in [1.82, 2.24) is 0 Å². The summed E-state index contributed by atoms with van der Waals surface area (Å²) in [5, 5.41) is 0. The van der Waals surface area contributed by atoms with E-state index in [0.717, 1.165) is 89.9 Å². The summed E-state index contributed by atoms with van der Waals surface area (Å²) in [6.45, 7) is 6.57. The second-order valence-electron chi connectivity index (χ2n) is 22.4. The van der Waals surface area contributed by atoms with E-state index in [0.29, 0.717) is 19.3 Å². The minimum Gasteiger partial charge on any atom is -0.462 e. The van der Waals surface area contributed by atoms with Gasteiger partial charge in [-0.05, 0) is 96.3 Å². The molecule has 0 spiro atoms. The predicted molar refractivity (Wildman–Crippen MR) is 335 cm³/mol. The van der Waals surface area contributed by atoms with Gasteiger partial charge in [-0.15, -0.1) is 0 Å². The number of carbonyl (C=O) groups excluding carboxylic acids is 3. The molecule has 77 heavy (non-hydrogen) atoms. The molecule has 6 nitrogen and oxygen atoms in total. The zero-order valence-electron chi connectivity index (χ0n) is 51.2. The van der Waals surface area contributed by atoms with Gasteiger partial charge in [0.15, 0.2) is 6.10 Å². The lowest BCUT2D eigenvalue weighted by atomic mass is 10.0. The van der Waals surface area contributed by atoms with Crippen LogP contribution in [-0.4, -0.2) is 37.2 Å². The van der Waals surface area contributed by atoms with E-state index in [9.17, 15) is 14.4 Å². The Morgan fingerprint density at radius 1 is 0.260 bits per heavy atom. The third kappa shape index (κ3) is 63.6. The van der Waals surface area contributed by atoms with Gasteiger partial charge in [0.1, 0.15) is 13.2 Å². The molecule has 0 amide bonds. The van der Waals surface area contributed by atoms with Crippen molar-refractivity contribution in [3.05, 3.63) is 72.9 Å². The molecule has 0 aromatic heterocycles. The van der Waals surface area contributed by atoms with Crippen molar-refractivity contribution in [2.24, 2.45) is 0 Å². The summed E-state index contributed by atoms with van der Waals surface area (Å²) in [5.74, 6) is -0.880. The average Bonchev–Trinajstić information content (AvgIpc) is 3.43. The van der Waals surface area contributed by atoms with Crippen LogP contribution >= 0.6 is 0 Å². The zero-order chi connectivity index (χ0) is 55.7. The monoisotopic (exact) mass is 1070 g/mol. The van der Waals surface area contributed by atoms with Crippen molar-refractivity contribution in [3.8, 4) is 0 Å². The quantitative estimate of drug-likeness (QED) is 0.0261. The molecule has 1 atom stereocenters. The molecule has 0 saturated carbocycles. The third-order valence-corrected chi connectivity index (χ3v) is 14.7. The topological polar surface area (TPSA) is 78.9 Å². The third-order valence-electron chi connectivity index (χ3n) is 14.7. The average molecular weight is 1080 g/mol. The van der Waals surface area contributed by atoms with Crippen molar-refractivity contribution in [3.63, 3.8) is 0 Å². The Labute approximate surface area is 478 Å². The molecular formula is C71H126O6. The number of esters is 3. The van der Waals surface area contributed by atoms with Gasteiger partial charge in [-0.25, -0.2) is 0 Å². The zero-order valence-corrected chi connectivity index (χ0v) is 51.2. The van der Waals surface area contributed by atoms with Crippen LogP contribution in [0.25, 0.3) is 0 Å². The number of hydrogen-bond acceptors (Lipinski definition) is 6. The van der Waals surface area contributed by atoms with E-state index in [2.05, 4.69) is 93.7 Å². The summed E-state index contributed by atoms with van der Waals surface area (Å²) in [4.78, 5) is 38.0. The molecule has 6 heteroatoms. The van der Waals surface area contributed by atoms with Crippen LogP contribution in [0.1, 0.15) is 342 Å². The molecule has 1 unspecified atom stereocenters. The lowest BCUT2D eigenvalue weighted by Crippen LogP contribution is -2.30. The van der Waals surface area contributed by atoms with Crippen LogP contribution in [0.3, 0.4) is 0 Å². The minimum absolute atomic E-state index is 0.0752. The summed E-state index contributed by atoms with van der Waals surface area (Å²) in [6.07, 6.45) is 85.4. The van der Waals surface area contributed by atoms with Gasteiger partial charge in [0.05, 0.1) is 0 Å². The van der Waals surface area contributed by atoms with E-state index < -0.39 is 6.10 Å². The maximum atomic E-state index is 12.8. The van der Waals surface area contributed by atoms with Gasteiger partial charge in [-0.3, -0.25) is 14.4 Å². The van der Waals surface area contributed by atoms with Crippen molar-refractivity contribution >= 4 is 17.9 Å². The van der Waals surface area contributed by atoms with Gasteiger partial charge >= 0.3 is 17.9 Å². The Kier molecular flexibility index (Phi) is 62.7. The molecule has 0 saturated heterocycles. The van der Waals surface area contributed by atoms with Crippen LogP contribution in [0.4, 0.5) is 0 Å². The molecule has 0 aromatic rings. The van der Waals surface area contributed by atoms with Gasteiger partial charge in [0.2, 0.25) is 0 Å². The highest BCUT2D eigenvalue weighted by molar-refractivity contribution is 5.71. The van der Waals surface area contributed by atoms with Crippen molar-refractivity contribution in [1.29, 1.82) is 0 Å². The lowest BCUT2D eigenvalue weighted by Gasteiger charge is -2.18. The fourth-order valence-electron chi connectivity index (χ4n) is 9.64. The molecule has 0 radical (unpaired) electrons. The fourth-order valence-corrected chi connectivity index (χ4v) is 9.64. The molecule has 0 N–H and O–H groups in total. The second-order valence-corrected chi connectivity index (χ2v) is 22.4. The molecule has 0 rings (SSSR count). The Balaban J connectivity index is 4.01. The number of unbranched alkanes of at least 4 members (excludes halogenated alkanes) is 38. The van der Waals surface area contributed by atoms with Crippen molar-refractivity contribution < 1.29 is 28.6 Å². The van der Waals surface area contributed by atoms with Crippen LogP contribution in [0, 0.1) is 0 Å². The predicted octanol–water partition coefficient (Wildman–Crippen LogP) is 22.9. The molecule has 0 bridgehead atoms. The summed E-state index contributed by atoms with van der Waals surface area (Å²) in [7, 11) is 0. The largest absolute Gasteiger partial charge is 0.462 e. The highest BCUT2D eigenvalue weighted by Gasteiger charge is 2.19. The van der Waals surface area contributed by atoms with Gasteiger partial charge in [-0.1, -0.05) is 299 Å². The van der Waals surface area contributed by atoms with Crippen LogP contribution in [-0.2, 0) is 28.6 Å². The molecule has 0 aliphatic carbocycles. The highest BCUT2D eigenvalue weighted by Crippen LogP contribution is 2.17. The van der Waals surface area contributed by atoms with Crippen molar-refractivity contribution in [2.75, 3.05) is 13.2 Å².